The molecule has 1 unspecified atom stereocenters. The lowest BCUT2D eigenvalue weighted by atomic mass is 9.85. The monoisotopic (exact) mass is 663 g/mol. The number of cyclic esters (lactones) is 1. The smallest absolute Gasteiger partial charge is 0.417 e. The topological polar surface area (TPSA) is 137 Å². The number of allylic oxidation sites excluding steroid dienone is 1. The van der Waals surface area contributed by atoms with Crippen molar-refractivity contribution in [3.05, 3.63) is 83.9 Å². The molecule has 1 N–H and O–H groups in total. The first kappa shape index (κ1) is 38.3. The van der Waals surface area contributed by atoms with Crippen molar-refractivity contribution in [2.75, 3.05) is 6.61 Å². The molecule has 10 heteroatoms. The van der Waals surface area contributed by atoms with Gasteiger partial charge in [-0.15, -0.1) is 0 Å². The van der Waals surface area contributed by atoms with E-state index in [0.29, 0.717) is 25.0 Å². The van der Waals surface area contributed by atoms with Gasteiger partial charge in [0, 0.05) is 13.3 Å². The Morgan fingerprint density at radius 3 is 2.15 bits per heavy atom. The van der Waals surface area contributed by atoms with E-state index >= 15 is 0 Å². The first-order chi connectivity index (χ1) is 22.8. The molecule has 1 aliphatic heterocycles. The number of esters is 1. The molecular weight excluding hydrogens is 614 g/mol. The SMILES string of the molecule is CC(=O)O[C@@H](C(=O)/C=C/C(=O)CCCCC[C@@H](CO)OCc1ccccc1)[C@H](Cc1ccccc1)C(=O)N1C(=O)OC(C)(C)C1C(C)C. The van der Waals surface area contributed by atoms with Gasteiger partial charge in [-0.3, -0.25) is 19.2 Å². The van der Waals surface area contributed by atoms with E-state index in [-0.39, 0.29) is 37.3 Å². The molecule has 0 bridgehead atoms. The zero-order valence-corrected chi connectivity index (χ0v) is 28.6. The summed E-state index contributed by atoms with van der Waals surface area (Å²) in [5, 5.41) is 9.66. The number of nitrogens with zero attached hydrogens (tertiary/aromatic N) is 1. The summed E-state index contributed by atoms with van der Waals surface area (Å²) < 4.78 is 16.8. The van der Waals surface area contributed by atoms with Crippen LogP contribution >= 0.6 is 0 Å². The van der Waals surface area contributed by atoms with E-state index in [0.717, 1.165) is 42.4 Å². The van der Waals surface area contributed by atoms with Crippen molar-refractivity contribution < 1.29 is 43.3 Å². The molecule has 2 amide bonds. The molecule has 2 aromatic rings. The average Bonchev–Trinajstić information content (AvgIpc) is 3.31. The van der Waals surface area contributed by atoms with E-state index in [1.165, 1.54) is 0 Å². The number of hydrogen-bond donors (Lipinski definition) is 1. The molecule has 1 heterocycles. The van der Waals surface area contributed by atoms with E-state index in [1.807, 2.05) is 50.2 Å². The van der Waals surface area contributed by atoms with Crippen molar-refractivity contribution in [3.63, 3.8) is 0 Å². The van der Waals surface area contributed by atoms with Crippen molar-refractivity contribution >= 4 is 29.5 Å². The minimum atomic E-state index is -1.57. The van der Waals surface area contributed by atoms with Crippen LogP contribution in [0.25, 0.3) is 0 Å². The number of aliphatic hydroxyl groups excluding tert-OH is 1. The number of hydrogen-bond acceptors (Lipinski definition) is 9. The number of unbranched alkanes of at least 4 members (excludes halogenated alkanes) is 2. The normalized spacial score (nSPS) is 17.6. The molecule has 0 aromatic heterocycles. The van der Waals surface area contributed by atoms with Crippen LogP contribution in [-0.2, 0) is 46.4 Å². The lowest BCUT2D eigenvalue weighted by Gasteiger charge is -2.34. The lowest BCUT2D eigenvalue weighted by molar-refractivity contribution is -0.159. The molecule has 3 rings (SSSR count). The van der Waals surface area contributed by atoms with Crippen LogP contribution in [0, 0.1) is 11.8 Å². The summed E-state index contributed by atoms with van der Waals surface area (Å²) in [6.45, 7) is 8.64. The average molecular weight is 664 g/mol. The number of ketones is 2. The van der Waals surface area contributed by atoms with Gasteiger partial charge in [0.25, 0.3) is 0 Å². The quantitative estimate of drug-likeness (QED) is 0.113. The summed E-state index contributed by atoms with van der Waals surface area (Å²) in [5.41, 5.74) is 0.749. The van der Waals surface area contributed by atoms with Crippen LogP contribution in [-0.4, -0.2) is 70.0 Å². The van der Waals surface area contributed by atoms with Gasteiger partial charge in [0.05, 0.1) is 31.3 Å². The molecule has 10 nitrogen and oxygen atoms in total. The Labute approximate surface area is 283 Å². The predicted molar refractivity (Wildman–Crippen MR) is 180 cm³/mol. The van der Waals surface area contributed by atoms with Gasteiger partial charge < -0.3 is 19.3 Å². The standard InChI is InChI=1S/C38H49NO9/c1-26(2)35-38(4,5)48-37(45)39(35)36(44)32(23-28-15-9-6-10-16-28)34(47-27(3)41)33(43)22-21-30(42)19-13-8-14-20-31(24-40)46-25-29-17-11-7-12-18-29/h6-7,9-12,15-18,21-22,26,31-32,34-35,40H,8,13-14,19-20,23-25H2,1-5H3/b22-21+/t31-,32-,34+,35?/m0/s1. The Bertz CT molecular complexity index is 1400. The molecular formula is C38H49NO9. The molecule has 0 radical (unpaired) electrons. The van der Waals surface area contributed by atoms with E-state index in [1.54, 1.807) is 38.1 Å². The van der Waals surface area contributed by atoms with Crippen molar-refractivity contribution in [3.8, 4) is 0 Å². The number of rotatable bonds is 19. The first-order valence-corrected chi connectivity index (χ1v) is 16.6. The molecule has 1 fully saturated rings. The number of aliphatic hydroxyl groups is 1. The largest absolute Gasteiger partial charge is 0.453 e. The molecule has 0 aliphatic carbocycles. The number of carbonyl (C=O) groups is 5. The molecule has 48 heavy (non-hydrogen) atoms. The highest BCUT2D eigenvalue weighted by Crippen LogP contribution is 2.36. The van der Waals surface area contributed by atoms with Crippen LogP contribution in [0.2, 0.25) is 0 Å². The van der Waals surface area contributed by atoms with Gasteiger partial charge in [-0.05, 0) is 62.3 Å². The van der Waals surface area contributed by atoms with Crippen molar-refractivity contribution in [1.29, 1.82) is 0 Å². The second-order valence-corrected chi connectivity index (χ2v) is 13.1. The van der Waals surface area contributed by atoms with Crippen molar-refractivity contribution in [1.82, 2.24) is 4.90 Å². The number of carbonyl (C=O) groups excluding carboxylic acids is 5. The Hall–Kier alpha value is -4.15. The Morgan fingerprint density at radius 2 is 1.56 bits per heavy atom. The van der Waals surface area contributed by atoms with Crippen LogP contribution in [0.15, 0.2) is 72.8 Å². The molecule has 4 atom stereocenters. The lowest BCUT2D eigenvalue weighted by Crippen LogP contribution is -2.53. The zero-order valence-electron chi connectivity index (χ0n) is 28.6. The van der Waals surface area contributed by atoms with Gasteiger partial charge in [0.1, 0.15) is 5.60 Å². The summed E-state index contributed by atoms with van der Waals surface area (Å²) in [5.74, 6) is -3.92. The molecule has 0 saturated carbocycles. The van der Waals surface area contributed by atoms with Gasteiger partial charge in [0.2, 0.25) is 5.91 Å². The first-order valence-electron chi connectivity index (χ1n) is 16.6. The Morgan fingerprint density at radius 1 is 0.938 bits per heavy atom. The molecule has 1 aliphatic rings. The van der Waals surface area contributed by atoms with E-state index < -0.39 is 47.4 Å². The van der Waals surface area contributed by atoms with Crippen molar-refractivity contribution in [2.45, 2.75) is 104 Å². The third-order valence-electron chi connectivity index (χ3n) is 8.38. The van der Waals surface area contributed by atoms with Crippen LogP contribution in [0.3, 0.4) is 0 Å². The highest BCUT2D eigenvalue weighted by Gasteiger charge is 2.54. The van der Waals surface area contributed by atoms with Gasteiger partial charge >= 0.3 is 12.1 Å². The molecule has 2 aromatic carbocycles. The number of imide groups is 1. The predicted octanol–water partition coefficient (Wildman–Crippen LogP) is 5.78. The molecule has 0 spiro atoms. The highest BCUT2D eigenvalue weighted by molar-refractivity contribution is 6.05. The fraction of sp³-hybridized carbons (Fsp3) is 0.500. The zero-order chi connectivity index (χ0) is 35.3. The van der Waals surface area contributed by atoms with Crippen LogP contribution < -0.4 is 0 Å². The van der Waals surface area contributed by atoms with Gasteiger partial charge in [0.15, 0.2) is 17.7 Å². The fourth-order valence-electron chi connectivity index (χ4n) is 6.19. The van der Waals surface area contributed by atoms with Crippen LogP contribution in [0.5, 0.6) is 0 Å². The molecule has 1 saturated heterocycles. The van der Waals surface area contributed by atoms with Gasteiger partial charge in [-0.25, -0.2) is 9.69 Å². The second-order valence-electron chi connectivity index (χ2n) is 13.1. The summed E-state index contributed by atoms with van der Waals surface area (Å²) in [6.07, 6.45) is 2.38. The summed E-state index contributed by atoms with van der Waals surface area (Å²) >= 11 is 0. The maximum absolute atomic E-state index is 14.2. The highest BCUT2D eigenvalue weighted by atomic mass is 16.6. The summed E-state index contributed by atoms with van der Waals surface area (Å²) in [4.78, 5) is 66.7. The van der Waals surface area contributed by atoms with Gasteiger partial charge in [-0.2, -0.15) is 0 Å². The van der Waals surface area contributed by atoms with E-state index in [4.69, 9.17) is 14.2 Å². The van der Waals surface area contributed by atoms with Gasteiger partial charge in [-0.1, -0.05) is 87.4 Å². The number of benzene rings is 2. The van der Waals surface area contributed by atoms with E-state index in [2.05, 4.69) is 0 Å². The van der Waals surface area contributed by atoms with Crippen LogP contribution in [0.1, 0.15) is 77.8 Å². The van der Waals surface area contributed by atoms with E-state index in [9.17, 15) is 29.1 Å². The Balaban J connectivity index is 1.66. The number of ether oxygens (including phenoxy) is 3. The third kappa shape index (κ3) is 11.2. The summed E-state index contributed by atoms with van der Waals surface area (Å²) in [6, 6.07) is 18.0. The minimum absolute atomic E-state index is 0.00403. The van der Waals surface area contributed by atoms with Crippen LogP contribution in [0.4, 0.5) is 4.79 Å². The summed E-state index contributed by atoms with van der Waals surface area (Å²) in [7, 11) is 0. The minimum Gasteiger partial charge on any atom is -0.453 e. The second kappa shape index (κ2) is 18.4. The fourth-order valence-corrected chi connectivity index (χ4v) is 6.19. The number of amides is 2. The van der Waals surface area contributed by atoms with Crippen molar-refractivity contribution in [2.24, 2.45) is 11.8 Å². The third-order valence-corrected chi connectivity index (χ3v) is 8.38. The molecule has 260 valence electrons. The Kier molecular flexibility index (Phi) is 14.7. The maximum Gasteiger partial charge on any atom is 0.417 e. The maximum atomic E-state index is 14.2.